The van der Waals surface area contributed by atoms with Gasteiger partial charge < -0.3 is 15.4 Å². The number of nitrogens with one attached hydrogen (secondary N) is 2. The van der Waals surface area contributed by atoms with E-state index in [2.05, 4.69) is 20.4 Å². The molecule has 0 saturated heterocycles. The highest BCUT2D eigenvalue weighted by Crippen LogP contribution is 2.21. The number of amides is 2. The van der Waals surface area contributed by atoms with Gasteiger partial charge in [0.15, 0.2) is 0 Å². The van der Waals surface area contributed by atoms with Crippen molar-refractivity contribution in [2.24, 2.45) is 0 Å². The second-order valence-electron chi connectivity index (χ2n) is 6.85. The van der Waals surface area contributed by atoms with E-state index in [-0.39, 0.29) is 23.8 Å². The zero-order chi connectivity index (χ0) is 20.0. The Balaban J connectivity index is 2.07. The Morgan fingerprint density at radius 1 is 1.19 bits per heavy atom. The monoisotopic (exact) mass is 377 g/mol. The molecule has 0 radical (unpaired) electrons. The lowest BCUT2D eigenvalue weighted by molar-refractivity contribution is -0.115. The van der Waals surface area contributed by atoms with E-state index in [0.29, 0.717) is 11.3 Å². The number of carbonyl (C=O) groups is 2. The van der Waals surface area contributed by atoms with Crippen LogP contribution in [0.3, 0.4) is 0 Å². The summed E-state index contributed by atoms with van der Waals surface area (Å²) in [5.74, 6) is -0.856. The number of alkyl halides is 2. The summed E-state index contributed by atoms with van der Waals surface area (Å²) in [6, 6.07) is 9.06. The minimum atomic E-state index is -2.97. The number of hydrogen-bond acceptors (Lipinski definition) is 4. The second-order valence-corrected chi connectivity index (χ2v) is 6.85. The smallest absolute Gasteiger partial charge is 0.387 e. The topological polar surface area (TPSA) is 80.3 Å². The molecule has 2 aromatic rings. The number of nitrogens with zero attached hydrogens (tertiary/aromatic N) is 1. The number of pyridine rings is 1. The first-order valence-electron chi connectivity index (χ1n) is 8.25. The lowest BCUT2D eigenvalue weighted by atomic mass is 10.1. The summed E-state index contributed by atoms with van der Waals surface area (Å²) in [5, 5.41) is 5.41. The zero-order valence-electron chi connectivity index (χ0n) is 15.3. The predicted octanol–water partition coefficient (Wildman–Crippen LogP) is 3.39. The molecule has 0 saturated carbocycles. The van der Waals surface area contributed by atoms with Crippen molar-refractivity contribution in [2.45, 2.75) is 39.3 Å². The molecule has 0 bridgehead atoms. The molecule has 27 heavy (non-hydrogen) atoms. The number of carbonyl (C=O) groups excluding carboxylic acids is 2. The number of para-hydroxylation sites is 1. The third-order valence-electron chi connectivity index (χ3n) is 3.30. The number of ether oxygens (including phenoxy) is 1. The maximum absolute atomic E-state index is 12.5. The number of halogens is 2. The minimum Gasteiger partial charge on any atom is -0.435 e. The lowest BCUT2D eigenvalue weighted by Crippen LogP contribution is -2.40. The molecule has 0 fully saturated rings. The van der Waals surface area contributed by atoms with Crippen LogP contribution in [0, 0.1) is 0 Å². The van der Waals surface area contributed by atoms with Gasteiger partial charge in [0.1, 0.15) is 11.4 Å². The number of rotatable bonds is 6. The van der Waals surface area contributed by atoms with Gasteiger partial charge in [-0.3, -0.25) is 14.6 Å². The molecule has 0 aliphatic carbocycles. The summed E-state index contributed by atoms with van der Waals surface area (Å²) >= 11 is 0. The van der Waals surface area contributed by atoms with E-state index in [0.717, 1.165) is 0 Å². The molecule has 1 aromatic carbocycles. The molecule has 2 amide bonds. The quantitative estimate of drug-likeness (QED) is 0.809. The van der Waals surface area contributed by atoms with Crippen LogP contribution in [0.15, 0.2) is 42.6 Å². The first-order chi connectivity index (χ1) is 12.6. The Bertz CT molecular complexity index is 820. The molecule has 0 unspecified atom stereocenters. The van der Waals surface area contributed by atoms with Gasteiger partial charge in [0.05, 0.1) is 6.42 Å². The predicted molar refractivity (Wildman–Crippen MR) is 96.9 cm³/mol. The van der Waals surface area contributed by atoms with E-state index in [1.807, 2.05) is 20.8 Å². The van der Waals surface area contributed by atoms with E-state index in [1.54, 1.807) is 12.1 Å². The summed E-state index contributed by atoms with van der Waals surface area (Å²) in [6.07, 6.45) is 1.25. The highest BCUT2D eigenvalue weighted by molar-refractivity contribution is 5.96. The Kier molecular flexibility index (Phi) is 6.44. The van der Waals surface area contributed by atoms with Gasteiger partial charge in [-0.25, -0.2) is 0 Å². The Labute approximate surface area is 155 Å². The van der Waals surface area contributed by atoms with Crippen LogP contribution in [-0.2, 0) is 11.2 Å². The number of aromatic nitrogens is 1. The molecule has 8 heteroatoms. The van der Waals surface area contributed by atoms with Gasteiger partial charge in [-0.1, -0.05) is 18.2 Å². The van der Waals surface area contributed by atoms with Crippen molar-refractivity contribution in [3.8, 4) is 5.75 Å². The van der Waals surface area contributed by atoms with Gasteiger partial charge >= 0.3 is 6.61 Å². The Hall–Kier alpha value is -3.03. The van der Waals surface area contributed by atoms with Crippen LogP contribution in [0.25, 0.3) is 0 Å². The van der Waals surface area contributed by atoms with Crippen LogP contribution in [0.4, 0.5) is 14.5 Å². The largest absolute Gasteiger partial charge is 0.435 e. The Morgan fingerprint density at radius 2 is 1.89 bits per heavy atom. The summed E-state index contributed by atoms with van der Waals surface area (Å²) < 4.78 is 29.3. The van der Waals surface area contributed by atoms with Crippen molar-refractivity contribution in [3.05, 3.63) is 53.9 Å². The average molecular weight is 377 g/mol. The summed E-state index contributed by atoms with van der Waals surface area (Å²) in [6.45, 7) is 2.55. The molecule has 0 spiro atoms. The van der Waals surface area contributed by atoms with Crippen LogP contribution in [0.5, 0.6) is 5.75 Å². The van der Waals surface area contributed by atoms with Gasteiger partial charge in [-0.15, -0.1) is 0 Å². The normalized spacial score (nSPS) is 11.2. The average Bonchev–Trinajstić information content (AvgIpc) is 2.55. The third kappa shape index (κ3) is 6.65. The van der Waals surface area contributed by atoms with Crippen molar-refractivity contribution in [2.75, 3.05) is 5.32 Å². The fourth-order valence-electron chi connectivity index (χ4n) is 2.28. The van der Waals surface area contributed by atoms with Gasteiger partial charge in [0.2, 0.25) is 5.91 Å². The highest BCUT2D eigenvalue weighted by atomic mass is 19.3. The Morgan fingerprint density at radius 3 is 2.56 bits per heavy atom. The maximum Gasteiger partial charge on any atom is 0.387 e. The van der Waals surface area contributed by atoms with Crippen molar-refractivity contribution in [1.82, 2.24) is 10.3 Å². The highest BCUT2D eigenvalue weighted by Gasteiger charge is 2.17. The van der Waals surface area contributed by atoms with E-state index in [1.165, 1.54) is 30.5 Å². The molecule has 1 aromatic heterocycles. The van der Waals surface area contributed by atoms with Crippen molar-refractivity contribution in [1.29, 1.82) is 0 Å². The van der Waals surface area contributed by atoms with Crippen LogP contribution in [-0.4, -0.2) is 28.9 Å². The zero-order valence-corrected chi connectivity index (χ0v) is 15.3. The first-order valence-corrected chi connectivity index (χ1v) is 8.25. The van der Waals surface area contributed by atoms with Gasteiger partial charge in [0.25, 0.3) is 5.91 Å². The van der Waals surface area contributed by atoms with E-state index < -0.39 is 18.1 Å². The standard InChI is InChI=1S/C19H21F2N3O3/c1-19(2,3)24-17(26)14-11-13(8-9-22-14)23-16(25)10-12-6-4-5-7-15(12)27-18(20)21/h4-9,11,18H,10H2,1-3H3,(H,24,26)(H,22,23,25). The van der Waals surface area contributed by atoms with Gasteiger partial charge in [-0.2, -0.15) is 8.78 Å². The van der Waals surface area contributed by atoms with Crippen molar-refractivity contribution >= 4 is 17.5 Å². The summed E-state index contributed by atoms with van der Waals surface area (Å²) in [7, 11) is 0. The summed E-state index contributed by atoms with van der Waals surface area (Å²) in [4.78, 5) is 28.4. The van der Waals surface area contributed by atoms with Crippen molar-refractivity contribution < 1.29 is 23.1 Å². The molecule has 0 aliphatic rings. The molecular formula is C19H21F2N3O3. The number of hydrogen-bond donors (Lipinski definition) is 2. The van der Waals surface area contributed by atoms with E-state index >= 15 is 0 Å². The first kappa shape index (κ1) is 20.3. The lowest BCUT2D eigenvalue weighted by Gasteiger charge is -2.20. The second kappa shape index (κ2) is 8.57. The van der Waals surface area contributed by atoms with Crippen molar-refractivity contribution in [3.63, 3.8) is 0 Å². The molecule has 0 atom stereocenters. The number of benzene rings is 1. The molecule has 1 heterocycles. The molecular weight excluding hydrogens is 356 g/mol. The maximum atomic E-state index is 12.5. The molecule has 6 nitrogen and oxygen atoms in total. The van der Waals surface area contributed by atoms with E-state index in [9.17, 15) is 18.4 Å². The minimum absolute atomic E-state index is 0.0531. The van der Waals surface area contributed by atoms with Crippen LogP contribution in [0.2, 0.25) is 0 Å². The van der Waals surface area contributed by atoms with Crippen LogP contribution in [0.1, 0.15) is 36.8 Å². The molecule has 0 aliphatic heterocycles. The molecule has 2 rings (SSSR count). The molecule has 144 valence electrons. The van der Waals surface area contributed by atoms with Gasteiger partial charge in [0, 0.05) is 23.0 Å². The molecule has 2 N–H and O–H groups in total. The SMILES string of the molecule is CC(C)(C)NC(=O)c1cc(NC(=O)Cc2ccccc2OC(F)F)ccn1. The van der Waals surface area contributed by atoms with Crippen LogP contribution >= 0.6 is 0 Å². The number of anilines is 1. The van der Waals surface area contributed by atoms with E-state index in [4.69, 9.17) is 0 Å². The van der Waals surface area contributed by atoms with Gasteiger partial charge in [-0.05, 0) is 39.0 Å². The third-order valence-corrected chi connectivity index (χ3v) is 3.30. The van der Waals surface area contributed by atoms with Crippen LogP contribution < -0.4 is 15.4 Å². The fourth-order valence-corrected chi connectivity index (χ4v) is 2.28. The summed E-state index contributed by atoms with van der Waals surface area (Å²) in [5.41, 5.74) is 0.437. The fraction of sp³-hybridized carbons (Fsp3) is 0.316.